The number of hydrogen-bond acceptors (Lipinski definition) is 2. The first-order valence-corrected chi connectivity index (χ1v) is 6.84. The molecule has 16 heavy (non-hydrogen) atoms. The van der Waals surface area contributed by atoms with E-state index in [1.165, 1.54) is 12.8 Å². The van der Waals surface area contributed by atoms with E-state index in [0.717, 1.165) is 37.4 Å². The predicted octanol–water partition coefficient (Wildman–Crippen LogP) is 3.43. The highest BCUT2D eigenvalue weighted by atomic mass is 35.5. The lowest BCUT2D eigenvalue weighted by Gasteiger charge is -2.41. The minimum absolute atomic E-state index is 0.270. The van der Waals surface area contributed by atoms with E-state index in [1.54, 1.807) is 0 Å². The monoisotopic (exact) mass is 246 g/mol. The molecule has 0 radical (unpaired) electrons. The van der Waals surface area contributed by atoms with E-state index in [0.29, 0.717) is 0 Å². The van der Waals surface area contributed by atoms with Crippen molar-refractivity contribution in [3.8, 4) is 0 Å². The highest BCUT2D eigenvalue weighted by Gasteiger charge is 2.47. The summed E-state index contributed by atoms with van der Waals surface area (Å²) in [4.78, 5) is 0. The van der Waals surface area contributed by atoms with E-state index in [1.807, 2.05) is 13.8 Å². The Morgan fingerprint density at radius 2 is 1.81 bits per heavy atom. The summed E-state index contributed by atoms with van der Waals surface area (Å²) in [5.74, 6) is 1.90. The zero-order chi connectivity index (χ0) is 11.8. The Bertz CT molecular complexity index is 242. The van der Waals surface area contributed by atoms with Gasteiger partial charge in [0.1, 0.15) is 0 Å². The number of ether oxygens (including phenoxy) is 2. The Labute approximate surface area is 104 Å². The molecule has 2 rings (SSSR count). The van der Waals surface area contributed by atoms with Crippen LogP contribution in [0.5, 0.6) is 0 Å². The molecule has 2 aliphatic rings. The number of rotatable bonds is 2. The van der Waals surface area contributed by atoms with E-state index < -0.39 is 0 Å². The lowest BCUT2D eigenvalue weighted by atomic mass is 9.85. The van der Waals surface area contributed by atoms with Crippen molar-refractivity contribution >= 4 is 11.6 Å². The summed E-state index contributed by atoms with van der Waals surface area (Å²) in [6.07, 6.45) is 3.58. The maximum atomic E-state index is 5.86. The second kappa shape index (κ2) is 4.47. The SMILES string of the molecule is C[C@H]1CC2(COC(C)(C)OC2)C[C@@H]1CCCl. The van der Waals surface area contributed by atoms with Crippen molar-refractivity contribution in [3.05, 3.63) is 0 Å². The van der Waals surface area contributed by atoms with Crippen molar-refractivity contribution in [2.75, 3.05) is 19.1 Å². The third-order valence-electron chi connectivity index (χ3n) is 4.19. The van der Waals surface area contributed by atoms with Crippen molar-refractivity contribution in [2.24, 2.45) is 17.3 Å². The maximum Gasteiger partial charge on any atom is 0.162 e. The standard InChI is InChI=1S/C13H23ClO2/c1-10-6-13(7-11(10)4-5-14)8-15-12(2,3)16-9-13/h10-11H,4-9H2,1-3H3/t10-,11-/m0/s1. The summed E-state index contributed by atoms with van der Waals surface area (Å²) in [5.41, 5.74) is 0.270. The van der Waals surface area contributed by atoms with E-state index in [9.17, 15) is 0 Å². The van der Waals surface area contributed by atoms with Crippen molar-refractivity contribution in [3.63, 3.8) is 0 Å². The van der Waals surface area contributed by atoms with Gasteiger partial charge in [-0.3, -0.25) is 0 Å². The summed E-state index contributed by atoms with van der Waals surface area (Å²) in [5, 5.41) is 0. The van der Waals surface area contributed by atoms with Crippen molar-refractivity contribution < 1.29 is 9.47 Å². The molecule has 1 heterocycles. The summed E-state index contributed by atoms with van der Waals surface area (Å²) in [6.45, 7) is 8.03. The van der Waals surface area contributed by atoms with Crippen LogP contribution in [0.4, 0.5) is 0 Å². The quantitative estimate of drug-likeness (QED) is 0.695. The highest BCUT2D eigenvalue weighted by Crippen LogP contribution is 2.49. The van der Waals surface area contributed by atoms with Crippen molar-refractivity contribution in [1.29, 1.82) is 0 Å². The average molecular weight is 247 g/mol. The van der Waals surface area contributed by atoms with Crippen LogP contribution >= 0.6 is 11.6 Å². The first-order valence-electron chi connectivity index (χ1n) is 6.30. The average Bonchev–Trinajstić information content (AvgIpc) is 2.51. The van der Waals surface area contributed by atoms with E-state index >= 15 is 0 Å². The van der Waals surface area contributed by atoms with Gasteiger partial charge in [0.2, 0.25) is 0 Å². The number of hydrogen-bond donors (Lipinski definition) is 0. The number of alkyl halides is 1. The van der Waals surface area contributed by atoms with Crippen LogP contribution in [0.2, 0.25) is 0 Å². The molecule has 0 unspecified atom stereocenters. The maximum absolute atomic E-state index is 5.86. The van der Waals surface area contributed by atoms with E-state index in [2.05, 4.69) is 6.92 Å². The smallest absolute Gasteiger partial charge is 0.162 e. The molecule has 2 nitrogen and oxygen atoms in total. The molecule has 1 saturated heterocycles. The lowest BCUT2D eigenvalue weighted by Crippen LogP contribution is -2.45. The van der Waals surface area contributed by atoms with Crippen LogP contribution in [0, 0.1) is 17.3 Å². The van der Waals surface area contributed by atoms with Gasteiger partial charge in [-0.05, 0) is 44.9 Å². The van der Waals surface area contributed by atoms with Crippen LogP contribution in [0.25, 0.3) is 0 Å². The van der Waals surface area contributed by atoms with Gasteiger partial charge in [0.25, 0.3) is 0 Å². The largest absolute Gasteiger partial charge is 0.350 e. The Kier molecular flexibility index (Phi) is 3.54. The van der Waals surface area contributed by atoms with Gasteiger partial charge in [-0.15, -0.1) is 11.6 Å². The molecule has 0 aromatic heterocycles. The van der Waals surface area contributed by atoms with Crippen LogP contribution in [-0.4, -0.2) is 24.9 Å². The fourth-order valence-electron chi connectivity index (χ4n) is 3.19. The molecule has 0 aromatic rings. The molecular formula is C13H23ClO2. The third-order valence-corrected chi connectivity index (χ3v) is 4.40. The molecule has 0 amide bonds. The molecule has 1 aliphatic carbocycles. The molecular weight excluding hydrogens is 224 g/mol. The van der Waals surface area contributed by atoms with Crippen LogP contribution in [-0.2, 0) is 9.47 Å². The van der Waals surface area contributed by atoms with Crippen LogP contribution < -0.4 is 0 Å². The Hall–Kier alpha value is 0.210. The molecule has 1 saturated carbocycles. The van der Waals surface area contributed by atoms with Gasteiger partial charge in [-0.1, -0.05) is 6.92 Å². The molecule has 2 atom stereocenters. The summed E-state index contributed by atoms with van der Waals surface area (Å²) in [6, 6.07) is 0. The zero-order valence-corrected chi connectivity index (χ0v) is 11.3. The van der Waals surface area contributed by atoms with Gasteiger partial charge in [-0.2, -0.15) is 0 Å². The minimum atomic E-state index is -0.390. The third kappa shape index (κ3) is 2.55. The molecule has 1 spiro atoms. The molecule has 0 aromatic carbocycles. The second-order valence-electron chi connectivity index (χ2n) is 6.10. The summed E-state index contributed by atoms with van der Waals surface area (Å²) in [7, 11) is 0. The Morgan fingerprint density at radius 3 is 2.38 bits per heavy atom. The van der Waals surface area contributed by atoms with E-state index in [4.69, 9.17) is 21.1 Å². The number of halogens is 1. The molecule has 0 N–H and O–H groups in total. The molecule has 1 aliphatic heterocycles. The van der Waals surface area contributed by atoms with E-state index in [-0.39, 0.29) is 11.2 Å². The normalized spacial score (nSPS) is 36.8. The molecule has 3 heteroatoms. The summed E-state index contributed by atoms with van der Waals surface area (Å²) >= 11 is 5.86. The summed E-state index contributed by atoms with van der Waals surface area (Å²) < 4.78 is 11.6. The van der Waals surface area contributed by atoms with Gasteiger partial charge in [0.05, 0.1) is 13.2 Å². The van der Waals surface area contributed by atoms with Crippen molar-refractivity contribution in [1.82, 2.24) is 0 Å². The zero-order valence-electron chi connectivity index (χ0n) is 10.6. The predicted molar refractivity (Wildman–Crippen MR) is 65.6 cm³/mol. The van der Waals surface area contributed by atoms with Crippen LogP contribution in [0.3, 0.4) is 0 Å². The van der Waals surface area contributed by atoms with Gasteiger partial charge in [-0.25, -0.2) is 0 Å². The minimum Gasteiger partial charge on any atom is -0.350 e. The van der Waals surface area contributed by atoms with Crippen molar-refractivity contribution in [2.45, 2.75) is 45.8 Å². The molecule has 94 valence electrons. The lowest BCUT2D eigenvalue weighted by molar-refractivity contribution is -0.285. The van der Waals surface area contributed by atoms with Gasteiger partial charge in [0.15, 0.2) is 5.79 Å². The Balaban J connectivity index is 1.96. The van der Waals surface area contributed by atoms with Gasteiger partial charge < -0.3 is 9.47 Å². The molecule has 0 bridgehead atoms. The molecule has 2 fully saturated rings. The topological polar surface area (TPSA) is 18.5 Å². The highest BCUT2D eigenvalue weighted by molar-refractivity contribution is 6.17. The van der Waals surface area contributed by atoms with Crippen LogP contribution in [0.15, 0.2) is 0 Å². The Morgan fingerprint density at radius 1 is 1.19 bits per heavy atom. The van der Waals surface area contributed by atoms with Gasteiger partial charge in [0, 0.05) is 11.3 Å². The van der Waals surface area contributed by atoms with Crippen LogP contribution in [0.1, 0.15) is 40.0 Å². The fraction of sp³-hybridized carbons (Fsp3) is 1.00. The van der Waals surface area contributed by atoms with Gasteiger partial charge >= 0.3 is 0 Å². The fourth-order valence-corrected chi connectivity index (χ4v) is 3.47. The first kappa shape index (κ1) is 12.7. The first-order chi connectivity index (χ1) is 7.46. The second-order valence-corrected chi connectivity index (χ2v) is 6.48.